The van der Waals surface area contributed by atoms with Gasteiger partial charge in [-0.1, -0.05) is 108 Å². The van der Waals surface area contributed by atoms with E-state index in [0.717, 1.165) is 34.3 Å². The number of para-hydroxylation sites is 1. The monoisotopic (exact) mass is 705 g/mol. The first-order valence-electron chi connectivity index (χ1n) is 19.3. The van der Waals surface area contributed by atoms with Crippen molar-refractivity contribution in [1.82, 2.24) is 14.1 Å². The number of fused-ring (bicyclic) bond motifs is 9. The minimum atomic E-state index is 0.294. The van der Waals surface area contributed by atoms with Gasteiger partial charge in [0.15, 0.2) is 0 Å². The van der Waals surface area contributed by atoms with Gasteiger partial charge in [0.05, 0.1) is 16.6 Å². The van der Waals surface area contributed by atoms with Crippen LogP contribution in [0.5, 0.6) is 0 Å². The number of hydrogen-bond acceptors (Lipinski definition) is 1. The van der Waals surface area contributed by atoms with Crippen LogP contribution in [-0.4, -0.2) is 14.1 Å². The summed E-state index contributed by atoms with van der Waals surface area (Å²) in [4.78, 5) is 4.85. The molecule has 3 heteroatoms. The average molecular weight is 706 g/mol. The zero-order chi connectivity index (χ0) is 36.8. The Morgan fingerprint density at radius 2 is 1.18 bits per heavy atom. The number of pyridine rings is 1. The van der Waals surface area contributed by atoms with Gasteiger partial charge in [-0.15, -0.1) is 0 Å². The maximum absolute atomic E-state index is 4.85. The molecule has 0 aliphatic heterocycles. The largest absolute Gasteiger partial charge is 0.309 e. The normalized spacial score (nSPS) is 13.8. The highest BCUT2D eigenvalue weighted by atomic mass is 15.0. The lowest BCUT2D eigenvalue weighted by Crippen LogP contribution is -2.13. The summed E-state index contributed by atoms with van der Waals surface area (Å²) in [5.41, 5.74) is 20.1. The van der Waals surface area contributed by atoms with Crippen molar-refractivity contribution < 1.29 is 0 Å². The van der Waals surface area contributed by atoms with Gasteiger partial charge in [-0.2, -0.15) is 0 Å². The number of aryl methyl sites for hydroxylation is 3. The maximum atomic E-state index is 4.85. The Morgan fingerprint density at radius 1 is 0.473 bits per heavy atom. The van der Waals surface area contributed by atoms with E-state index in [-0.39, 0.29) is 0 Å². The van der Waals surface area contributed by atoms with Crippen LogP contribution >= 0.6 is 0 Å². The molecule has 3 aromatic heterocycles. The third kappa shape index (κ3) is 5.00. The molecule has 11 rings (SSSR count). The van der Waals surface area contributed by atoms with E-state index in [9.17, 15) is 0 Å². The molecule has 0 amide bonds. The zero-order valence-corrected chi connectivity index (χ0v) is 31.2. The molecule has 10 aromatic rings. The molecule has 0 spiro atoms. The Bertz CT molecular complexity index is 3160. The van der Waals surface area contributed by atoms with Gasteiger partial charge in [0.2, 0.25) is 0 Å². The smallest absolute Gasteiger partial charge is 0.145 e. The molecule has 1 atom stereocenters. The highest BCUT2D eigenvalue weighted by Crippen LogP contribution is 2.45. The molecule has 1 aliphatic carbocycles. The van der Waals surface area contributed by atoms with Gasteiger partial charge in [0.25, 0.3) is 0 Å². The van der Waals surface area contributed by atoms with Crippen molar-refractivity contribution in [3.8, 4) is 33.6 Å². The molecule has 0 radical (unpaired) electrons. The summed E-state index contributed by atoms with van der Waals surface area (Å²) in [6.45, 7) is 6.53. The minimum Gasteiger partial charge on any atom is -0.309 e. The molecule has 0 fully saturated rings. The second-order valence-electron chi connectivity index (χ2n) is 15.5. The molecule has 0 unspecified atom stereocenters. The molecular weight excluding hydrogens is 667 g/mol. The minimum absolute atomic E-state index is 0.294. The number of benzene rings is 7. The van der Waals surface area contributed by atoms with Gasteiger partial charge < -0.3 is 4.57 Å². The molecule has 3 heterocycles. The lowest BCUT2D eigenvalue weighted by molar-refractivity contribution is 0.794. The van der Waals surface area contributed by atoms with E-state index in [0.29, 0.717) is 5.92 Å². The lowest BCUT2D eigenvalue weighted by Gasteiger charge is -2.29. The van der Waals surface area contributed by atoms with Crippen LogP contribution in [0.25, 0.3) is 77.4 Å². The first kappa shape index (κ1) is 31.8. The number of rotatable bonds is 4. The van der Waals surface area contributed by atoms with Crippen LogP contribution in [0.1, 0.15) is 39.3 Å². The fourth-order valence-corrected chi connectivity index (χ4v) is 9.24. The second kappa shape index (κ2) is 12.2. The van der Waals surface area contributed by atoms with Crippen molar-refractivity contribution in [2.45, 2.75) is 33.1 Å². The summed E-state index contributed by atoms with van der Waals surface area (Å²) in [6, 6.07) is 58.9. The maximum Gasteiger partial charge on any atom is 0.145 e. The number of hydrogen-bond donors (Lipinski definition) is 0. The predicted molar refractivity (Wildman–Crippen MR) is 230 cm³/mol. The molecule has 0 saturated carbocycles. The van der Waals surface area contributed by atoms with E-state index in [4.69, 9.17) is 4.98 Å². The van der Waals surface area contributed by atoms with Crippen molar-refractivity contribution >= 4 is 43.7 Å². The van der Waals surface area contributed by atoms with E-state index in [1.165, 1.54) is 82.8 Å². The SMILES string of the molecule is Cc1ccc(-n2c3ccc(-c4cccc(-n5c6ccccc6c6cc([C@@H]7Cc8ccc(C)cc8-c8cc(C)ccc87)ccc65)c4)cc3c3cccnc32)cc1. The Morgan fingerprint density at radius 3 is 2.07 bits per heavy atom. The summed E-state index contributed by atoms with van der Waals surface area (Å²) in [5, 5.41) is 4.93. The van der Waals surface area contributed by atoms with Gasteiger partial charge in [-0.05, 0) is 133 Å². The summed E-state index contributed by atoms with van der Waals surface area (Å²) in [6.07, 6.45) is 2.89. The highest BCUT2D eigenvalue weighted by Gasteiger charge is 2.27. The van der Waals surface area contributed by atoms with Crippen molar-refractivity contribution in [3.05, 3.63) is 197 Å². The molecule has 55 heavy (non-hydrogen) atoms. The van der Waals surface area contributed by atoms with Gasteiger partial charge in [0, 0.05) is 45.0 Å². The fourth-order valence-electron chi connectivity index (χ4n) is 9.24. The van der Waals surface area contributed by atoms with Gasteiger partial charge in [0.1, 0.15) is 5.65 Å². The van der Waals surface area contributed by atoms with Crippen molar-refractivity contribution in [1.29, 1.82) is 0 Å². The topological polar surface area (TPSA) is 22.8 Å². The van der Waals surface area contributed by atoms with E-state index in [2.05, 4.69) is 182 Å². The molecule has 3 nitrogen and oxygen atoms in total. The number of nitrogens with zero attached hydrogens (tertiary/aromatic N) is 3. The van der Waals surface area contributed by atoms with Crippen LogP contribution in [0.3, 0.4) is 0 Å². The number of aromatic nitrogens is 3. The molecule has 7 aromatic carbocycles. The molecule has 0 N–H and O–H groups in total. The third-order valence-electron chi connectivity index (χ3n) is 11.9. The van der Waals surface area contributed by atoms with Crippen molar-refractivity contribution in [2.75, 3.05) is 0 Å². The molecule has 262 valence electrons. The van der Waals surface area contributed by atoms with Gasteiger partial charge in [-0.3, -0.25) is 4.57 Å². The van der Waals surface area contributed by atoms with Gasteiger partial charge in [-0.25, -0.2) is 4.98 Å². The summed E-state index contributed by atoms with van der Waals surface area (Å²) < 4.78 is 4.73. The lowest BCUT2D eigenvalue weighted by atomic mass is 9.75. The van der Waals surface area contributed by atoms with Crippen LogP contribution in [0, 0.1) is 20.8 Å². The van der Waals surface area contributed by atoms with Crippen molar-refractivity contribution in [3.63, 3.8) is 0 Å². The van der Waals surface area contributed by atoms with E-state index in [1.807, 2.05) is 12.3 Å². The zero-order valence-electron chi connectivity index (χ0n) is 31.2. The van der Waals surface area contributed by atoms with Crippen LogP contribution < -0.4 is 0 Å². The standard InChI is InChI=1S/C52H39N3/c1-32-14-20-39(21-15-32)55-51-23-18-36(29-48(51)43-11-7-25-53-52(43)55)35-8-6-9-40(28-35)54-49-12-5-4-10-42(49)47-31-38(19-24-50(47)54)45-30-37-17-13-33(2)26-44(37)46-27-34(3)16-22-41(45)46/h4-29,31,45H,30H2,1-3H3/t45-/m0/s1. The molecular formula is C52H39N3. The van der Waals surface area contributed by atoms with E-state index >= 15 is 0 Å². The highest BCUT2D eigenvalue weighted by molar-refractivity contribution is 6.10. The third-order valence-corrected chi connectivity index (χ3v) is 11.9. The predicted octanol–water partition coefficient (Wildman–Crippen LogP) is 13.2. The van der Waals surface area contributed by atoms with E-state index < -0.39 is 0 Å². The first-order chi connectivity index (χ1) is 27.0. The van der Waals surface area contributed by atoms with Gasteiger partial charge >= 0.3 is 0 Å². The van der Waals surface area contributed by atoms with Crippen LogP contribution in [0.15, 0.2) is 164 Å². The van der Waals surface area contributed by atoms with Crippen LogP contribution in [0.2, 0.25) is 0 Å². The fraction of sp³-hybridized carbons (Fsp3) is 0.0962. The Labute approximate surface area is 320 Å². The molecule has 1 aliphatic rings. The average Bonchev–Trinajstić information content (AvgIpc) is 3.73. The van der Waals surface area contributed by atoms with Crippen LogP contribution in [0.4, 0.5) is 0 Å². The summed E-state index contributed by atoms with van der Waals surface area (Å²) in [7, 11) is 0. The summed E-state index contributed by atoms with van der Waals surface area (Å²) >= 11 is 0. The quantitative estimate of drug-likeness (QED) is 0.179. The second-order valence-corrected chi connectivity index (χ2v) is 15.5. The summed E-state index contributed by atoms with van der Waals surface area (Å²) in [5.74, 6) is 0.294. The first-order valence-corrected chi connectivity index (χ1v) is 19.3. The Kier molecular flexibility index (Phi) is 7.03. The molecule has 0 bridgehead atoms. The Hall–Kier alpha value is -6.71. The molecule has 0 saturated heterocycles. The van der Waals surface area contributed by atoms with Crippen molar-refractivity contribution in [2.24, 2.45) is 0 Å². The van der Waals surface area contributed by atoms with Crippen LogP contribution in [-0.2, 0) is 6.42 Å². The van der Waals surface area contributed by atoms with E-state index in [1.54, 1.807) is 0 Å². The Balaban J connectivity index is 1.04.